The zero-order valence-corrected chi connectivity index (χ0v) is 11.4. The molecule has 3 N–H and O–H groups in total. The van der Waals surface area contributed by atoms with Crippen molar-refractivity contribution in [2.45, 2.75) is 32.9 Å². The Bertz CT molecular complexity index is 382. The average molecular weight is 254 g/mol. The second-order valence-electron chi connectivity index (χ2n) is 5.22. The normalized spacial score (nSPS) is 13.3. The Morgan fingerprint density at radius 2 is 2.06 bits per heavy atom. The van der Waals surface area contributed by atoms with Crippen LogP contribution in [0.5, 0.6) is 5.75 Å². The van der Waals surface area contributed by atoms with Gasteiger partial charge in [0.15, 0.2) is 11.6 Å². The molecule has 3 nitrogen and oxygen atoms in total. The van der Waals surface area contributed by atoms with Gasteiger partial charge in [-0.3, -0.25) is 0 Å². The quantitative estimate of drug-likeness (QED) is 0.819. The van der Waals surface area contributed by atoms with Gasteiger partial charge in [-0.05, 0) is 43.6 Å². The van der Waals surface area contributed by atoms with E-state index in [1.165, 1.54) is 12.1 Å². The minimum absolute atomic E-state index is 0.198. The van der Waals surface area contributed by atoms with Crippen LogP contribution in [-0.4, -0.2) is 29.6 Å². The fraction of sp³-hybridized carbons (Fsp3) is 0.571. The lowest BCUT2D eigenvalue weighted by molar-refractivity contribution is 0.295. The van der Waals surface area contributed by atoms with E-state index in [-0.39, 0.29) is 11.8 Å². The molecule has 0 aromatic heterocycles. The van der Waals surface area contributed by atoms with E-state index in [4.69, 9.17) is 10.8 Å². The molecule has 0 saturated carbocycles. The molecule has 0 heterocycles. The highest BCUT2D eigenvalue weighted by atomic mass is 19.1. The summed E-state index contributed by atoms with van der Waals surface area (Å²) in [6, 6.07) is 4.69. The van der Waals surface area contributed by atoms with Crippen LogP contribution in [0.15, 0.2) is 18.2 Å². The standard InChI is InChI=1S/C14H23FN2O/c1-10(2)13(16)6-7-17(3)9-11-4-5-14(18)12(15)8-11/h4-5,8,10,13,18H,6-7,9,16H2,1-3H3. The third-order valence-corrected chi connectivity index (χ3v) is 3.17. The van der Waals surface area contributed by atoms with E-state index in [0.717, 1.165) is 18.5 Å². The fourth-order valence-corrected chi connectivity index (χ4v) is 1.74. The molecule has 4 heteroatoms. The summed E-state index contributed by atoms with van der Waals surface area (Å²) in [5.74, 6) is -0.396. The van der Waals surface area contributed by atoms with Gasteiger partial charge in [0.1, 0.15) is 0 Å². The van der Waals surface area contributed by atoms with Crippen LogP contribution in [0.2, 0.25) is 0 Å². The van der Waals surface area contributed by atoms with E-state index >= 15 is 0 Å². The predicted molar refractivity (Wildman–Crippen MR) is 71.8 cm³/mol. The van der Waals surface area contributed by atoms with Crippen molar-refractivity contribution >= 4 is 0 Å². The Balaban J connectivity index is 2.44. The number of rotatable bonds is 6. The number of hydrogen-bond acceptors (Lipinski definition) is 3. The summed E-state index contributed by atoms with van der Waals surface area (Å²) < 4.78 is 13.2. The van der Waals surface area contributed by atoms with Crippen molar-refractivity contribution in [1.82, 2.24) is 4.90 Å². The molecule has 0 amide bonds. The van der Waals surface area contributed by atoms with Crippen LogP contribution in [-0.2, 0) is 6.54 Å². The summed E-state index contributed by atoms with van der Waals surface area (Å²) in [7, 11) is 1.98. The van der Waals surface area contributed by atoms with Gasteiger partial charge in [-0.25, -0.2) is 4.39 Å². The van der Waals surface area contributed by atoms with Gasteiger partial charge in [-0.2, -0.15) is 0 Å². The third-order valence-electron chi connectivity index (χ3n) is 3.17. The molecule has 0 radical (unpaired) electrons. The Labute approximate surface area is 108 Å². The molecular formula is C14H23FN2O. The van der Waals surface area contributed by atoms with Gasteiger partial charge in [-0.1, -0.05) is 19.9 Å². The molecule has 0 aliphatic carbocycles. The third kappa shape index (κ3) is 4.63. The van der Waals surface area contributed by atoms with E-state index < -0.39 is 5.82 Å². The van der Waals surface area contributed by atoms with Crippen LogP contribution < -0.4 is 5.73 Å². The lowest BCUT2D eigenvalue weighted by Crippen LogP contribution is -2.31. The highest BCUT2D eigenvalue weighted by Crippen LogP contribution is 2.17. The van der Waals surface area contributed by atoms with Crippen LogP contribution >= 0.6 is 0 Å². The topological polar surface area (TPSA) is 49.5 Å². The number of phenolic OH excluding ortho intramolecular Hbond substituents is 1. The van der Waals surface area contributed by atoms with Crippen LogP contribution in [0.4, 0.5) is 4.39 Å². The zero-order valence-electron chi connectivity index (χ0n) is 11.4. The first kappa shape index (κ1) is 14.9. The maximum Gasteiger partial charge on any atom is 0.165 e. The maximum absolute atomic E-state index is 13.2. The summed E-state index contributed by atoms with van der Waals surface area (Å²) in [4.78, 5) is 2.11. The van der Waals surface area contributed by atoms with Crippen molar-refractivity contribution in [3.8, 4) is 5.75 Å². The van der Waals surface area contributed by atoms with Crippen LogP contribution in [0.1, 0.15) is 25.8 Å². The van der Waals surface area contributed by atoms with Crippen molar-refractivity contribution in [1.29, 1.82) is 0 Å². The van der Waals surface area contributed by atoms with Gasteiger partial charge < -0.3 is 15.7 Å². The first-order valence-corrected chi connectivity index (χ1v) is 6.31. The molecule has 0 bridgehead atoms. The summed E-state index contributed by atoms with van der Waals surface area (Å²) in [5.41, 5.74) is 6.84. The minimum atomic E-state index is -0.570. The Morgan fingerprint density at radius 3 is 2.61 bits per heavy atom. The van der Waals surface area contributed by atoms with Crippen molar-refractivity contribution in [3.05, 3.63) is 29.6 Å². The first-order valence-electron chi connectivity index (χ1n) is 6.31. The molecule has 18 heavy (non-hydrogen) atoms. The van der Waals surface area contributed by atoms with Crippen LogP contribution in [0.25, 0.3) is 0 Å². The summed E-state index contributed by atoms with van der Waals surface area (Å²) in [6.07, 6.45) is 0.925. The van der Waals surface area contributed by atoms with Gasteiger partial charge >= 0.3 is 0 Å². The molecule has 0 aliphatic rings. The SMILES string of the molecule is CC(C)C(N)CCN(C)Cc1ccc(O)c(F)c1. The van der Waals surface area contributed by atoms with Crippen molar-refractivity contribution in [3.63, 3.8) is 0 Å². The number of nitrogens with zero attached hydrogens (tertiary/aromatic N) is 1. The van der Waals surface area contributed by atoms with Crippen LogP contribution in [0.3, 0.4) is 0 Å². The molecular weight excluding hydrogens is 231 g/mol. The van der Waals surface area contributed by atoms with Gasteiger partial charge in [0.2, 0.25) is 0 Å². The largest absolute Gasteiger partial charge is 0.505 e. The fourth-order valence-electron chi connectivity index (χ4n) is 1.74. The van der Waals surface area contributed by atoms with Crippen molar-refractivity contribution in [2.75, 3.05) is 13.6 Å². The Kier molecular flexibility index (Phi) is 5.56. The number of hydrogen-bond donors (Lipinski definition) is 2. The smallest absolute Gasteiger partial charge is 0.165 e. The number of aromatic hydroxyl groups is 1. The molecule has 1 rings (SSSR count). The van der Waals surface area contributed by atoms with E-state index in [1.54, 1.807) is 6.07 Å². The molecule has 0 saturated heterocycles. The molecule has 1 atom stereocenters. The number of phenols is 1. The molecule has 0 aliphatic heterocycles. The van der Waals surface area contributed by atoms with Gasteiger partial charge in [-0.15, -0.1) is 0 Å². The van der Waals surface area contributed by atoms with Crippen molar-refractivity contribution < 1.29 is 9.50 Å². The van der Waals surface area contributed by atoms with Gasteiger partial charge in [0.05, 0.1) is 0 Å². The highest BCUT2D eigenvalue weighted by molar-refractivity contribution is 5.27. The van der Waals surface area contributed by atoms with E-state index in [2.05, 4.69) is 18.7 Å². The number of benzene rings is 1. The predicted octanol–water partition coefficient (Wildman–Crippen LogP) is 2.34. The first-order chi connectivity index (χ1) is 8.40. The Hall–Kier alpha value is -1.13. The molecule has 1 aromatic carbocycles. The number of halogens is 1. The lowest BCUT2D eigenvalue weighted by atomic mass is 10.0. The lowest BCUT2D eigenvalue weighted by Gasteiger charge is -2.21. The Morgan fingerprint density at radius 1 is 1.39 bits per heavy atom. The molecule has 0 fully saturated rings. The van der Waals surface area contributed by atoms with E-state index in [1.807, 2.05) is 7.05 Å². The van der Waals surface area contributed by atoms with E-state index in [0.29, 0.717) is 12.5 Å². The second-order valence-corrected chi connectivity index (χ2v) is 5.22. The molecule has 1 unspecified atom stereocenters. The summed E-state index contributed by atoms with van der Waals surface area (Å²) in [6.45, 7) is 5.75. The van der Waals surface area contributed by atoms with Crippen molar-refractivity contribution in [2.24, 2.45) is 11.7 Å². The zero-order chi connectivity index (χ0) is 13.7. The minimum Gasteiger partial charge on any atom is -0.505 e. The molecule has 102 valence electrons. The maximum atomic E-state index is 13.2. The van der Waals surface area contributed by atoms with E-state index in [9.17, 15) is 4.39 Å². The molecule has 1 aromatic rings. The van der Waals surface area contributed by atoms with Gasteiger partial charge in [0, 0.05) is 12.6 Å². The summed E-state index contributed by atoms with van der Waals surface area (Å²) >= 11 is 0. The van der Waals surface area contributed by atoms with Crippen LogP contribution in [0, 0.1) is 11.7 Å². The highest BCUT2D eigenvalue weighted by Gasteiger charge is 2.09. The molecule has 0 spiro atoms. The second kappa shape index (κ2) is 6.71. The summed E-state index contributed by atoms with van der Waals surface area (Å²) in [5, 5.41) is 9.11. The monoisotopic (exact) mass is 254 g/mol. The number of nitrogens with two attached hydrogens (primary N) is 1. The average Bonchev–Trinajstić information content (AvgIpc) is 2.30. The van der Waals surface area contributed by atoms with Gasteiger partial charge in [0.25, 0.3) is 0 Å².